The van der Waals surface area contributed by atoms with E-state index in [9.17, 15) is 8.42 Å². The quantitative estimate of drug-likeness (QED) is 0.750. The molecule has 0 aromatic heterocycles. The highest BCUT2D eigenvalue weighted by atomic mass is 35.5. The second kappa shape index (κ2) is 6.95. The minimum absolute atomic E-state index is 0.384. The first-order valence-corrected chi connectivity index (χ1v) is 7.69. The van der Waals surface area contributed by atoms with Crippen molar-refractivity contribution in [2.45, 2.75) is 6.29 Å². The molecule has 8 heteroatoms. The van der Waals surface area contributed by atoms with Gasteiger partial charge in [0.15, 0.2) is 6.29 Å². The molecule has 0 bridgehead atoms. The lowest BCUT2D eigenvalue weighted by molar-refractivity contribution is -0.0914. The Morgan fingerprint density at radius 1 is 1.32 bits per heavy atom. The summed E-state index contributed by atoms with van der Waals surface area (Å²) in [5, 5.41) is 3.50. The van der Waals surface area contributed by atoms with Crippen molar-refractivity contribution in [3.05, 3.63) is 23.2 Å². The number of anilines is 2. The van der Waals surface area contributed by atoms with Crippen molar-refractivity contribution in [2.75, 3.05) is 37.1 Å². The molecule has 0 aliphatic carbocycles. The summed E-state index contributed by atoms with van der Waals surface area (Å²) in [6, 6.07) is 4.79. The molecule has 1 rings (SSSR count). The maximum Gasteiger partial charge on any atom is 0.229 e. The van der Waals surface area contributed by atoms with Gasteiger partial charge in [0.2, 0.25) is 10.0 Å². The molecule has 2 N–H and O–H groups in total. The molecule has 0 saturated heterocycles. The Bertz CT molecular complexity index is 517. The highest BCUT2D eigenvalue weighted by molar-refractivity contribution is 7.92. The van der Waals surface area contributed by atoms with Crippen LogP contribution in [0.2, 0.25) is 5.02 Å². The number of nitrogens with one attached hydrogen (secondary N) is 2. The smallest absolute Gasteiger partial charge is 0.229 e. The zero-order valence-electron chi connectivity index (χ0n) is 10.9. The van der Waals surface area contributed by atoms with Gasteiger partial charge >= 0.3 is 0 Å². The van der Waals surface area contributed by atoms with Crippen LogP contribution in [-0.4, -0.2) is 41.7 Å². The fourth-order valence-electron chi connectivity index (χ4n) is 1.39. The Hall–Kier alpha value is -1.02. The SMILES string of the molecule is COC(CNc1cc(NS(C)(=O)=O)ccc1Cl)OC. The summed E-state index contributed by atoms with van der Waals surface area (Å²) in [5.41, 5.74) is 1.02. The maximum atomic E-state index is 11.2. The lowest BCUT2D eigenvalue weighted by Gasteiger charge is -2.16. The van der Waals surface area contributed by atoms with Gasteiger partial charge in [0, 0.05) is 14.2 Å². The van der Waals surface area contributed by atoms with Gasteiger partial charge in [0.25, 0.3) is 0 Å². The standard InChI is InChI=1S/C11H17ClN2O4S/c1-17-11(18-2)7-13-10-6-8(4-5-9(10)12)14-19(3,15)16/h4-6,11,13-14H,7H2,1-3H3. The summed E-state index contributed by atoms with van der Waals surface area (Å²) in [6.45, 7) is 0.384. The van der Waals surface area contributed by atoms with Gasteiger partial charge < -0.3 is 14.8 Å². The number of halogens is 1. The zero-order chi connectivity index (χ0) is 14.5. The monoisotopic (exact) mass is 308 g/mol. The van der Waals surface area contributed by atoms with Crippen LogP contribution in [0.1, 0.15) is 0 Å². The van der Waals surface area contributed by atoms with Crippen molar-refractivity contribution in [2.24, 2.45) is 0 Å². The Labute approximate surface area is 118 Å². The number of rotatable bonds is 7. The van der Waals surface area contributed by atoms with E-state index in [0.29, 0.717) is 22.9 Å². The highest BCUT2D eigenvalue weighted by Crippen LogP contribution is 2.26. The number of sulfonamides is 1. The molecular weight excluding hydrogens is 292 g/mol. The van der Waals surface area contributed by atoms with E-state index in [4.69, 9.17) is 21.1 Å². The Morgan fingerprint density at radius 3 is 2.47 bits per heavy atom. The van der Waals surface area contributed by atoms with E-state index in [1.807, 2.05) is 0 Å². The second-order valence-electron chi connectivity index (χ2n) is 3.85. The third-order valence-electron chi connectivity index (χ3n) is 2.25. The Kier molecular flexibility index (Phi) is 5.86. The highest BCUT2D eigenvalue weighted by Gasteiger charge is 2.08. The number of ether oxygens (including phenoxy) is 2. The minimum Gasteiger partial charge on any atom is -0.379 e. The van der Waals surface area contributed by atoms with Crippen molar-refractivity contribution in [1.82, 2.24) is 0 Å². The Morgan fingerprint density at radius 2 is 1.95 bits per heavy atom. The average Bonchev–Trinajstić information content (AvgIpc) is 2.32. The number of methoxy groups -OCH3 is 2. The van der Waals surface area contributed by atoms with Crippen molar-refractivity contribution >= 4 is 33.0 Å². The van der Waals surface area contributed by atoms with Crippen LogP contribution in [0.4, 0.5) is 11.4 Å². The molecule has 0 aliphatic rings. The fraction of sp³-hybridized carbons (Fsp3) is 0.455. The van der Waals surface area contributed by atoms with Crippen LogP contribution in [0.5, 0.6) is 0 Å². The first kappa shape index (κ1) is 16.0. The van der Waals surface area contributed by atoms with E-state index in [2.05, 4.69) is 10.0 Å². The molecule has 19 heavy (non-hydrogen) atoms. The molecule has 0 aliphatic heterocycles. The van der Waals surface area contributed by atoms with Gasteiger partial charge in [0.05, 0.1) is 29.2 Å². The maximum absolute atomic E-state index is 11.2. The van der Waals surface area contributed by atoms with Crippen molar-refractivity contribution in [3.8, 4) is 0 Å². The van der Waals surface area contributed by atoms with Crippen molar-refractivity contribution < 1.29 is 17.9 Å². The predicted molar refractivity (Wildman–Crippen MR) is 76.2 cm³/mol. The molecule has 0 radical (unpaired) electrons. The summed E-state index contributed by atoms with van der Waals surface area (Å²) < 4.78 is 34.7. The molecule has 1 aromatic carbocycles. The van der Waals surface area contributed by atoms with E-state index >= 15 is 0 Å². The van der Waals surface area contributed by atoms with Gasteiger partial charge in [-0.1, -0.05) is 11.6 Å². The largest absolute Gasteiger partial charge is 0.379 e. The molecule has 0 spiro atoms. The molecule has 0 atom stereocenters. The van der Waals surface area contributed by atoms with Gasteiger partial charge in [-0.3, -0.25) is 4.72 Å². The summed E-state index contributed by atoms with van der Waals surface area (Å²) in [4.78, 5) is 0. The molecule has 0 heterocycles. The van der Waals surface area contributed by atoms with E-state index in [1.54, 1.807) is 18.2 Å². The number of hydrogen-bond acceptors (Lipinski definition) is 5. The first-order chi connectivity index (χ1) is 8.85. The van der Waals surface area contributed by atoms with Crippen molar-refractivity contribution in [1.29, 1.82) is 0 Å². The van der Waals surface area contributed by atoms with Gasteiger partial charge in [-0.25, -0.2) is 8.42 Å². The second-order valence-corrected chi connectivity index (χ2v) is 6.01. The lowest BCUT2D eigenvalue weighted by atomic mass is 10.3. The molecule has 6 nitrogen and oxygen atoms in total. The van der Waals surface area contributed by atoms with Crippen LogP contribution in [-0.2, 0) is 19.5 Å². The van der Waals surface area contributed by atoms with E-state index in [1.165, 1.54) is 14.2 Å². The Balaban J connectivity index is 2.80. The number of benzene rings is 1. The first-order valence-electron chi connectivity index (χ1n) is 5.42. The summed E-state index contributed by atoms with van der Waals surface area (Å²) in [5.74, 6) is 0. The van der Waals surface area contributed by atoms with Crippen LogP contribution >= 0.6 is 11.6 Å². The molecule has 108 valence electrons. The third-order valence-corrected chi connectivity index (χ3v) is 3.19. The summed E-state index contributed by atoms with van der Waals surface area (Å²) >= 11 is 6.02. The van der Waals surface area contributed by atoms with E-state index in [0.717, 1.165) is 6.26 Å². The average molecular weight is 309 g/mol. The predicted octanol–water partition coefficient (Wildman–Crippen LogP) is 1.74. The van der Waals surface area contributed by atoms with Crippen LogP contribution in [0.15, 0.2) is 18.2 Å². The van der Waals surface area contributed by atoms with Crippen LogP contribution in [0.25, 0.3) is 0 Å². The lowest BCUT2D eigenvalue weighted by Crippen LogP contribution is -2.23. The molecule has 0 fully saturated rings. The molecule has 1 aromatic rings. The molecular formula is C11H17ClN2O4S. The van der Waals surface area contributed by atoms with Gasteiger partial charge in [0.1, 0.15) is 0 Å². The zero-order valence-corrected chi connectivity index (χ0v) is 12.5. The van der Waals surface area contributed by atoms with E-state index in [-0.39, 0.29) is 0 Å². The normalized spacial score (nSPS) is 11.6. The van der Waals surface area contributed by atoms with Crippen LogP contribution < -0.4 is 10.0 Å². The van der Waals surface area contributed by atoms with Gasteiger partial charge in [-0.2, -0.15) is 0 Å². The minimum atomic E-state index is -3.32. The van der Waals surface area contributed by atoms with Crippen LogP contribution in [0.3, 0.4) is 0 Å². The third kappa shape index (κ3) is 5.65. The summed E-state index contributed by atoms with van der Waals surface area (Å²) in [7, 11) is -0.264. The van der Waals surface area contributed by atoms with Gasteiger partial charge in [-0.05, 0) is 18.2 Å². The van der Waals surface area contributed by atoms with E-state index < -0.39 is 16.3 Å². The fourth-order valence-corrected chi connectivity index (χ4v) is 2.13. The topological polar surface area (TPSA) is 76.7 Å². The van der Waals surface area contributed by atoms with Gasteiger partial charge in [-0.15, -0.1) is 0 Å². The number of hydrogen-bond donors (Lipinski definition) is 2. The molecule has 0 unspecified atom stereocenters. The van der Waals surface area contributed by atoms with Crippen molar-refractivity contribution in [3.63, 3.8) is 0 Å². The molecule has 0 amide bonds. The summed E-state index contributed by atoms with van der Waals surface area (Å²) in [6.07, 6.45) is 0.670. The van der Waals surface area contributed by atoms with Crippen LogP contribution in [0, 0.1) is 0 Å². The molecule has 0 saturated carbocycles.